The first kappa shape index (κ1) is 13.7. The lowest BCUT2D eigenvalue weighted by atomic mass is 10.0. The van der Waals surface area contributed by atoms with Gasteiger partial charge in [-0.05, 0) is 38.6 Å². The summed E-state index contributed by atoms with van der Waals surface area (Å²) in [7, 11) is 2.08. The van der Waals surface area contributed by atoms with Gasteiger partial charge in [0.05, 0.1) is 6.61 Å². The molecule has 0 aliphatic carbocycles. The van der Waals surface area contributed by atoms with Gasteiger partial charge in [-0.3, -0.25) is 4.90 Å². The van der Waals surface area contributed by atoms with Gasteiger partial charge in [-0.15, -0.1) is 0 Å². The number of hydrogen-bond donors (Lipinski definition) is 1. The van der Waals surface area contributed by atoms with Gasteiger partial charge in [0.1, 0.15) is 5.75 Å². The van der Waals surface area contributed by atoms with Crippen LogP contribution in [0.4, 0.5) is 0 Å². The van der Waals surface area contributed by atoms with Crippen molar-refractivity contribution in [2.24, 2.45) is 5.73 Å². The van der Waals surface area contributed by atoms with Crippen LogP contribution in [0.1, 0.15) is 25.0 Å². The molecule has 1 aliphatic heterocycles. The largest absolute Gasteiger partial charge is 0.493 e. The van der Waals surface area contributed by atoms with E-state index in [1.54, 1.807) is 0 Å². The highest BCUT2D eigenvalue weighted by Gasteiger charge is 2.24. The summed E-state index contributed by atoms with van der Waals surface area (Å²) in [6, 6.07) is 4.00. The third-order valence-corrected chi connectivity index (χ3v) is 3.98. The maximum absolute atomic E-state index is 6.16. The Bertz CT molecular complexity index is 446. The minimum atomic E-state index is -0.0339. The lowest BCUT2D eigenvalue weighted by molar-refractivity contribution is 0.154. The monoisotopic (exact) mass is 268 g/mol. The summed E-state index contributed by atoms with van der Waals surface area (Å²) >= 11 is 6.16. The average molecular weight is 269 g/mol. The van der Waals surface area contributed by atoms with Crippen molar-refractivity contribution in [2.45, 2.75) is 32.4 Å². The molecule has 1 aliphatic rings. The van der Waals surface area contributed by atoms with Gasteiger partial charge in [0.2, 0.25) is 0 Å². The summed E-state index contributed by atoms with van der Waals surface area (Å²) in [6.07, 6.45) is 0.951. The summed E-state index contributed by atoms with van der Waals surface area (Å²) in [5, 5.41) is 0.785. The van der Waals surface area contributed by atoms with Crippen molar-refractivity contribution >= 4 is 11.6 Å². The number of benzene rings is 1. The van der Waals surface area contributed by atoms with E-state index in [1.165, 1.54) is 5.56 Å². The number of fused-ring (bicyclic) bond motifs is 1. The zero-order chi connectivity index (χ0) is 13.3. The molecule has 0 saturated carbocycles. The number of ether oxygens (including phenoxy) is 1. The first-order valence-electron chi connectivity index (χ1n) is 6.29. The van der Waals surface area contributed by atoms with Gasteiger partial charge in [0, 0.05) is 35.6 Å². The van der Waals surface area contributed by atoms with Crippen molar-refractivity contribution in [3.05, 3.63) is 28.3 Å². The molecule has 3 nitrogen and oxygen atoms in total. The van der Waals surface area contributed by atoms with Crippen LogP contribution in [0.2, 0.25) is 5.02 Å². The highest BCUT2D eigenvalue weighted by Crippen LogP contribution is 2.34. The number of nitrogens with two attached hydrogens (primary N) is 1. The summed E-state index contributed by atoms with van der Waals surface area (Å²) in [6.45, 7) is 6.45. The Balaban J connectivity index is 2.25. The van der Waals surface area contributed by atoms with E-state index < -0.39 is 0 Å². The van der Waals surface area contributed by atoms with Crippen LogP contribution in [0.3, 0.4) is 0 Å². The summed E-state index contributed by atoms with van der Waals surface area (Å²) in [4.78, 5) is 2.24. The van der Waals surface area contributed by atoms with Crippen molar-refractivity contribution in [1.29, 1.82) is 0 Å². The topological polar surface area (TPSA) is 38.5 Å². The Morgan fingerprint density at radius 3 is 2.83 bits per heavy atom. The first-order valence-corrected chi connectivity index (χ1v) is 6.67. The highest BCUT2D eigenvalue weighted by atomic mass is 35.5. The fraction of sp³-hybridized carbons (Fsp3) is 0.571. The Morgan fingerprint density at radius 2 is 2.17 bits per heavy atom. The summed E-state index contributed by atoms with van der Waals surface area (Å²) in [5.41, 5.74) is 8.14. The molecule has 2 N–H and O–H groups in total. The van der Waals surface area contributed by atoms with Crippen molar-refractivity contribution in [3.8, 4) is 5.75 Å². The van der Waals surface area contributed by atoms with E-state index in [-0.39, 0.29) is 5.54 Å². The van der Waals surface area contributed by atoms with Gasteiger partial charge in [-0.1, -0.05) is 11.6 Å². The second kappa shape index (κ2) is 5.08. The molecule has 0 radical (unpaired) electrons. The van der Waals surface area contributed by atoms with Crippen LogP contribution < -0.4 is 10.5 Å². The molecule has 0 aromatic heterocycles. The Kier molecular flexibility index (Phi) is 3.85. The molecular weight excluding hydrogens is 248 g/mol. The van der Waals surface area contributed by atoms with Crippen molar-refractivity contribution in [2.75, 3.05) is 20.2 Å². The minimum Gasteiger partial charge on any atom is -0.493 e. The van der Waals surface area contributed by atoms with Crippen molar-refractivity contribution in [3.63, 3.8) is 0 Å². The molecule has 0 spiro atoms. The standard InChI is InChI=1S/C14H21ClN2O/c1-14(2,9-16)17(3)8-11-7-12(15)6-10-4-5-18-13(10)11/h6-7H,4-5,8-9,16H2,1-3H3. The first-order chi connectivity index (χ1) is 8.44. The van der Waals surface area contributed by atoms with E-state index >= 15 is 0 Å². The molecule has 0 unspecified atom stereocenters. The fourth-order valence-corrected chi connectivity index (χ4v) is 2.35. The quantitative estimate of drug-likeness (QED) is 0.912. The van der Waals surface area contributed by atoms with E-state index in [2.05, 4.69) is 25.8 Å². The van der Waals surface area contributed by atoms with E-state index in [4.69, 9.17) is 22.1 Å². The fourth-order valence-electron chi connectivity index (χ4n) is 2.09. The minimum absolute atomic E-state index is 0.0339. The molecule has 100 valence electrons. The molecule has 0 atom stereocenters. The molecule has 0 fully saturated rings. The molecule has 18 heavy (non-hydrogen) atoms. The molecule has 2 rings (SSSR count). The molecule has 0 amide bonds. The molecule has 4 heteroatoms. The smallest absolute Gasteiger partial charge is 0.127 e. The number of halogens is 1. The van der Waals surface area contributed by atoms with Gasteiger partial charge in [0.25, 0.3) is 0 Å². The van der Waals surface area contributed by atoms with Crippen LogP contribution in [0.5, 0.6) is 5.75 Å². The van der Waals surface area contributed by atoms with Crippen LogP contribution in [0, 0.1) is 0 Å². The van der Waals surface area contributed by atoms with Crippen LogP contribution in [-0.4, -0.2) is 30.6 Å². The molecule has 0 saturated heterocycles. The average Bonchev–Trinajstić information content (AvgIpc) is 2.76. The molecular formula is C14H21ClN2O. The van der Waals surface area contributed by atoms with Crippen LogP contribution in [-0.2, 0) is 13.0 Å². The van der Waals surface area contributed by atoms with Gasteiger partial charge in [-0.2, -0.15) is 0 Å². The molecule has 1 heterocycles. The van der Waals surface area contributed by atoms with Crippen molar-refractivity contribution in [1.82, 2.24) is 4.90 Å². The van der Waals surface area contributed by atoms with E-state index in [0.29, 0.717) is 6.54 Å². The maximum atomic E-state index is 6.16. The van der Waals surface area contributed by atoms with E-state index in [9.17, 15) is 0 Å². The third kappa shape index (κ3) is 2.63. The predicted molar refractivity (Wildman–Crippen MR) is 75.3 cm³/mol. The summed E-state index contributed by atoms with van der Waals surface area (Å²) in [5.74, 6) is 1.01. The predicted octanol–water partition coefficient (Wildman–Crippen LogP) is 2.44. The van der Waals surface area contributed by atoms with Gasteiger partial charge < -0.3 is 10.5 Å². The lowest BCUT2D eigenvalue weighted by Gasteiger charge is -2.34. The van der Waals surface area contributed by atoms with Crippen molar-refractivity contribution < 1.29 is 4.74 Å². The van der Waals surface area contributed by atoms with Gasteiger partial charge in [-0.25, -0.2) is 0 Å². The zero-order valence-electron chi connectivity index (χ0n) is 11.3. The lowest BCUT2D eigenvalue weighted by Crippen LogP contribution is -2.46. The molecule has 0 bridgehead atoms. The maximum Gasteiger partial charge on any atom is 0.127 e. The second-order valence-electron chi connectivity index (χ2n) is 5.52. The highest BCUT2D eigenvalue weighted by molar-refractivity contribution is 6.30. The van der Waals surface area contributed by atoms with Crippen LogP contribution in [0.15, 0.2) is 12.1 Å². The van der Waals surface area contributed by atoms with Gasteiger partial charge >= 0.3 is 0 Å². The Hall–Kier alpha value is -0.770. The number of hydrogen-bond acceptors (Lipinski definition) is 3. The van der Waals surface area contributed by atoms with Crippen LogP contribution >= 0.6 is 11.6 Å². The number of nitrogens with zero attached hydrogens (tertiary/aromatic N) is 1. The molecule has 1 aromatic carbocycles. The van der Waals surface area contributed by atoms with E-state index in [1.807, 2.05) is 12.1 Å². The normalized spacial score (nSPS) is 14.8. The number of rotatable bonds is 4. The summed E-state index contributed by atoms with van der Waals surface area (Å²) < 4.78 is 5.72. The molecule has 1 aromatic rings. The Labute approximate surface area is 114 Å². The SMILES string of the molecule is CN(Cc1cc(Cl)cc2c1OCC2)C(C)(C)CN. The second-order valence-corrected chi connectivity index (χ2v) is 5.96. The number of likely N-dealkylation sites (N-methyl/N-ethyl adjacent to an activating group) is 1. The third-order valence-electron chi connectivity index (χ3n) is 3.77. The zero-order valence-corrected chi connectivity index (χ0v) is 12.0. The Morgan fingerprint density at radius 1 is 1.44 bits per heavy atom. The van der Waals surface area contributed by atoms with Gasteiger partial charge in [0.15, 0.2) is 0 Å². The van der Waals surface area contributed by atoms with E-state index in [0.717, 1.165) is 35.9 Å². The van der Waals surface area contributed by atoms with Crippen LogP contribution in [0.25, 0.3) is 0 Å².